The number of nitrogens with zero attached hydrogens (tertiary/aromatic N) is 1. The Morgan fingerprint density at radius 3 is 2.59 bits per heavy atom. The van der Waals surface area contributed by atoms with E-state index in [2.05, 4.69) is 36.3 Å². The van der Waals surface area contributed by atoms with E-state index in [-0.39, 0.29) is 12.5 Å². The minimum Gasteiger partial charge on any atom is -0.482 e. The predicted octanol–water partition coefficient (Wildman–Crippen LogP) is 7.33. The summed E-state index contributed by atoms with van der Waals surface area (Å²) in [6, 6.07) is 18.3. The first-order chi connectivity index (χ1) is 15.4. The Bertz CT molecular complexity index is 1250. The molecule has 0 aliphatic rings. The Morgan fingerprint density at radius 1 is 1.09 bits per heavy atom. The maximum absolute atomic E-state index is 12.2. The van der Waals surface area contributed by atoms with E-state index in [0.29, 0.717) is 33.3 Å². The van der Waals surface area contributed by atoms with Crippen molar-refractivity contribution in [3.05, 3.63) is 76.3 Å². The van der Waals surface area contributed by atoms with Crippen LogP contribution in [0, 0.1) is 0 Å². The highest BCUT2D eigenvalue weighted by Crippen LogP contribution is 2.29. The van der Waals surface area contributed by atoms with E-state index in [0.717, 1.165) is 23.1 Å². The zero-order valence-corrected chi connectivity index (χ0v) is 19.2. The molecular formula is C25H22Cl2N2O3. The lowest BCUT2D eigenvalue weighted by Gasteiger charge is -2.09. The molecule has 1 N–H and O–H groups in total. The number of carbonyl (C=O) groups excluding carboxylic acids is 1. The molecule has 1 unspecified atom stereocenters. The number of nitrogens with one attached hydrogen (secondary N) is 1. The SMILES string of the molecule is CCC(C)c1ccc2oc(-c3ccc(NC(=O)COc4ccc(Cl)cc4Cl)cc3)nc2c1. The van der Waals surface area contributed by atoms with Gasteiger partial charge in [-0.2, -0.15) is 0 Å². The molecule has 7 heteroatoms. The van der Waals surface area contributed by atoms with E-state index in [4.69, 9.17) is 32.4 Å². The van der Waals surface area contributed by atoms with E-state index >= 15 is 0 Å². The van der Waals surface area contributed by atoms with Crippen LogP contribution in [0.3, 0.4) is 0 Å². The van der Waals surface area contributed by atoms with Crippen LogP contribution in [0.1, 0.15) is 31.7 Å². The lowest BCUT2D eigenvalue weighted by molar-refractivity contribution is -0.118. The van der Waals surface area contributed by atoms with Gasteiger partial charge in [-0.15, -0.1) is 0 Å². The molecule has 0 aliphatic heterocycles. The maximum atomic E-state index is 12.2. The summed E-state index contributed by atoms with van der Waals surface area (Å²) in [7, 11) is 0. The van der Waals surface area contributed by atoms with Crippen LogP contribution in [0.25, 0.3) is 22.6 Å². The van der Waals surface area contributed by atoms with E-state index < -0.39 is 0 Å². The number of ether oxygens (including phenoxy) is 1. The smallest absolute Gasteiger partial charge is 0.262 e. The number of rotatable bonds is 7. The average molecular weight is 469 g/mol. The molecule has 0 spiro atoms. The fraction of sp³-hybridized carbons (Fsp3) is 0.200. The topological polar surface area (TPSA) is 64.4 Å². The van der Waals surface area contributed by atoms with Crippen LogP contribution in [-0.4, -0.2) is 17.5 Å². The number of amides is 1. The summed E-state index contributed by atoms with van der Waals surface area (Å²) in [5, 5.41) is 3.64. The molecule has 164 valence electrons. The van der Waals surface area contributed by atoms with Crippen molar-refractivity contribution in [2.75, 3.05) is 11.9 Å². The number of fused-ring (bicyclic) bond motifs is 1. The molecule has 1 aromatic heterocycles. The Morgan fingerprint density at radius 2 is 1.88 bits per heavy atom. The first-order valence-electron chi connectivity index (χ1n) is 10.3. The van der Waals surface area contributed by atoms with Gasteiger partial charge in [-0.3, -0.25) is 4.79 Å². The second kappa shape index (κ2) is 9.63. The number of hydrogen-bond acceptors (Lipinski definition) is 4. The molecular weight excluding hydrogens is 447 g/mol. The number of aromatic nitrogens is 1. The van der Waals surface area contributed by atoms with Crippen LogP contribution in [0.15, 0.2) is 65.1 Å². The molecule has 32 heavy (non-hydrogen) atoms. The van der Waals surface area contributed by atoms with Gasteiger partial charge in [0.1, 0.15) is 11.3 Å². The molecule has 5 nitrogen and oxygen atoms in total. The van der Waals surface area contributed by atoms with Crippen molar-refractivity contribution in [3.63, 3.8) is 0 Å². The van der Waals surface area contributed by atoms with Gasteiger partial charge in [0.15, 0.2) is 12.2 Å². The number of anilines is 1. The molecule has 1 atom stereocenters. The molecule has 0 saturated heterocycles. The van der Waals surface area contributed by atoms with Crippen LogP contribution >= 0.6 is 23.2 Å². The first kappa shape index (κ1) is 22.2. The van der Waals surface area contributed by atoms with Gasteiger partial charge in [0.05, 0.1) is 5.02 Å². The summed E-state index contributed by atoms with van der Waals surface area (Å²) in [6.07, 6.45) is 1.07. The summed E-state index contributed by atoms with van der Waals surface area (Å²) in [5.74, 6) is 1.11. The summed E-state index contributed by atoms with van der Waals surface area (Å²) in [6.45, 7) is 4.19. The lowest BCUT2D eigenvalue weighted by Crippen LogP contribution is -2.20. The highest BCUT2D eigenvalue weighted by Gasteiger charge is 2.12. The van der Waals surface area contributed by atoms with Crippen molar-refractivity contribution >= 4 is 45.9 Å². The van der Waals surface area contributed by atoms with Gasteiger partial charge in [-0.1, -0.05) is 43.1 Å². The van der Waals surface area contributed by atoms with Crippen molar-refractivity contribution < 1.29 is 13.9 Å². The standard InChI is InChI=1S/C25H22Cl2N2O3/c1-3-15(2)17-6-10-23-21(12-17)29-25(32-23)16-4-8-19(9-5-16)28-24(30)14-31-22-11-7-18(26)13-20(22)27/h4-13,15H,3,14H2,1-2H3,(H,28,30). The summed E-state index contributed by atoms with van der Waals surface area (Å²) < 4.78 is 11.4. The molecule has 1 amide bonds. The van der Waals surface area contributed by atoms with Gasteiger partial charge in [0.2, 0.25) is 5.89 Å². The summed E-state index contributed by atoms with van der Waals surface area (Å²) in [4.78, 5) is 16.8. The van der Waals surface area contributed by atoms with E-state index in [1.807, 2.05) is 18.2 Å². The van der Waals surface area contributed by atoms with Crippen molar-refractivity contribution in [1.29, 1.82) is 0 Å². The van der Waals surface area contributed by atoms with Gasteiger partial charge in [0.25, 0.3) is 5.91 Å². The predicted molar refractivity (Wildman–Crippen MR) is 129 cm³/mol. The molecule has 0 aliphatic carbocycles. The van der Waals surface area contributed by atoms with Crippen LogP contribution in [0.2, 0.25) is 10.0 Å². The van der Waals surface area contributed by atoms with Gasteiger partial charge >= 0.3 is 0 Å². The lowest BCUT2D eigenvalue weighted by atomic mass is 9.98. The zero-order chi connectivity index (χ0) is 22.7. The fourth-order valence-corrected chi connectivity index (χ4v) is 3.70. The second-order valence-corrected chi connectivity index (χ2v) is 8.39. The third kappa shape index (κ3) is 5.06. The van der Waals surface area contributed by atoms with Crippen LogP contribution in [0.4, 0.5) is 5.69 Å². The number of carbonyl (C=O) groups is 1. The number of oxazole rings is 1. The summed E-state index contributed by atoms with van der Waals surface area (Å²) >= 11 is 11.9. The largest absolute Gasteiger partial charge is 0.482 e. The summed E-state index contributed by atoms with van der Waals surface area (Å²) in [5.41, 5.74) is 4.31. The third-order valence-electron chi connectivity index (χ3n) is 5.26. The Balaban J connectivity index is 1.41. The van der Waals surface area contributed by atoms with Crippen LogP contribution < -0.4 is 10.1 Å². The molecule has 4 aromatic rings. The van der Waals surface area contributed by atoms with Gasteiger partial charge in [-0.25, -0.2) is 4.98 Å². The molecule has 3 aromatic carbocycles. The van der Waals surface area contributed by atoms with Crippen LogP contribution in [0.5, 0.6) is 5.75 Å². The van der Waals surface area contributed by atoms with Gasteiger partial charge < -0.3 is 14.5 Å². The third-order valence-corrected chi connectivity index (χ3v) is 5.79. The molecule has 0 radical (unpaired) electrons. The minimum atomic E-state index is -0.303. The quantitative estimate of drug-likeness (QED) is 0.308. The number of hydrogen-bond donors (Lipinski definition) is 1. The molecule has 0 saturated carbocycles. The van der Waals surface area contributed by atoms with Crippen molar-refractivity contribution in [2.24, 2.45) is 0 Å². The Kier molecular flexibility index (Phi) is 6.68. The molecule has 4 rings (SSSR count). The highest BCUT2D eigenvalue weighted by molar-refractivity contribution is 6.35. The Labute approximate surface area is 196 Å². The minimum absolute atomic E-state index is 0.174. The van der Waals surface area contributed by atoms with Gasteiger partial charge in [-0.05, 0) is 72.5 Å². The molecule has 1 heterocycles. The van der Waals surface area contributed by atoms with E-state index in [9.17, 15) is 4.79 Å². The normalized spacial score (nSPS) is 12.0. The first-order valence-corrected chi connectivity index (χ1v) is 11.1. The van der Waals surface area contributed by atoms with Crippen molar-refractivity contribution in [2.45, 2.75) is 26.2 Å². The monoisotopic (exact) mass is 468 g/mol. The second-order valence-electron chi connectivity index (χ2n) is 7.54. The fourth-order valence-electron chi connectivity index (χ4n) is 3.24. The number of benzene rings is 3. The van der Waals surface area contributed by atoms with E-state index in [1.165, 1.54) is 5.56 Å². The molecule has 0 bridgehead atoms. The van der Waals surface area contributed by atoms with Crippen LogP contribution in [-0.2, 0) is 4.79 Å². The zero-order valence-electron chi connectivity index (χ0n) is 17.7. The van der Waals surface area contributed by atoms with Crippen molar-refractivity contribution in [1.82, 2.24) is 4.98 Å². The average Bonchev–Trinajstić information content (AvgIpc) is 3.22. The van der Waals surface area contributed by atoms with Crippen molar-refractivity contribution in [3.8, 4) is 17.2 Å². The number of halogens is 2. The highest BCUT2D eigenvalue weighted by atomic mass is 35.5. The molecule has 0 fully saturated rings. The van der Waals surface area contributed by atoms with E-state index in [1.54, 1.807) is 30.3 Å². The maximum Gasteiger partial charge on any atom is 0.262 e. The van der Waals surface area contributed by atoms with Gasteiger partial charge in [0, 0.05) is 16.3 Å². The Hall–Kier alpha value is -3.02.